The van der Waals surface area contributed by atoms with Gasteiger partial charge in [-0.1, -0.05) is 47.5 Å². The highest BCUT2D eigenvalue weighted by Crippen LogP contribution is 2.36. The van der Waals surface area contributed by atoms with Crippen molar-refractivity contribution in [3.05, 3.63) is 105 Å². The maximum absolute atomic E-state index is 13.2. The number of benzene rings is 3. The van der Waals surface area contributed by atoms with Crippen LogP contribution in [-0.4, -0.2) is 11.8 Å². The van der Waals surface area contributed by atoms with Crippen molar-refractivity contribution in [2.45, 2.75) is 6.61 Å². The van der Waals surface area contributed by atoms with Gasteiger partial charge in [-0.3, -0.25) is 9.59 Å². The maximum Gasteiger partial charge on any atom is 0.256 e. The zero-order valence-electron chi connectivity index (χ0n) is 17.5. The first-order valence-electron chi connectivity index (χ1n) is 9.98. The minimum atomic E-state index is -0.680. The van der Waals surface area contributed by atoms with Crippen molar-refractivity contribution >= 4 is 51.4 Å². The molecule has 3 N–H and O–H groups in total. The molecule has 9 heteroatoms. The van der Waals surface area contributed by atoms with Gasteiger partial charge in [0.25, 0.3) is 11.8 Å². The molecule has 0 saturated carbocycles. The Balaban J connectivity index is 1.52. The molecule has 4 aromatic rings. The molecule has 0 aliphatic rings. The van der Waals surface area contributed by atoms with Crippen LogP contribution in [0, 0.1) is 5.82 Å². The smallest absolute Gasteiger partial charge is 0.256 e. The van der Waals surface area contributed by atoms with Gasteiger partial charge in [0.05, 0.1) is 10.6 Å². The molecule has 0 aliphatic carbocycles. The van der Waals surface area contributed by atoms with Gasteiger partial charge in [-0.2, -0.15) is 0 Å². The highest BCUT2D eigenvalue weighted by molar-refractivity contribution is 7.20. The van der Waals surface area contributed by atoms with Crippen molar-refractivity contribution in [2.75, 3.05) is 5.32 Å². The first kappa shape index (κ1) is 23.8. The number of halogens is 3. The molecule has 0 atom stereocenters. The Bertz CT molecular complexity index is 1370. The predicted molar refractivity (Wildman–Crippen MR) is 133 cm³/mol. The van der Waals surface area contributed by atoms with Crippen LogP contribution in [0.25, 0.3) is 10.4 Å². The molecular weight excluding hydrogens is 498 g/mol. The summed E-state index contributed by atoms with van der Waals surface area (Å²) in [7, 11) is 0. The Kier molecular flexibility index (Phi) is 7.17. The SMILES string of the molecule is NC(=O)c1cc(-c2ccc(F)cc2)sc1NC(=O)c1cccc(COc2cc(Cl)ccc2Cl)c1. The molecule has 172 valence electrons. The fourth-order valence-electron chi connectivity index (χ4n) is 3.15. The van der Waals surface area contributed by atoms with Crippen LogP contribution in [0.15, 0.2) is 72.8 Å². The minimum absolute atomic E-state index is 0.168. The molecule has 0 aliphatic heterocycles. The highest BCUT2D eigenvalue weighted by atomic mass is 35.5. The number of ether oxygens (including phenoxy) is 1. The third-order valence-corrected chi connectivity index (χ3v) is 6.48. The summed E-state index contributed by atoms with van der Waals surface area (Å²) in [5.74, 6) is -1.04. The van der Waals surface area contributed by atoms with E-state index in [-0.39, 0.29) is 18.0 Å². The standard InChI is InChI=1S/C25H17Cl2FN2O3S/c26-17-6-9-20(27)21(11-17)33-13-14-2-1-3-16(10-14)24(32)30-25-19(23(29)31)12-22(34-25)15-4-7-18(28)8-5-15/h1-12H,13H2,(H2,29,31)(H,30,32). The van der Waals surface area contributed by atoms with Crippen LogP contribution in [0.1, 0.15) is 26.3 Å². The maximum atomic E-state index is 13.2. The third-order valence-electron chi connectivity index (χ3n) is 4.83. The molecular formula is C25H17Cl2FN2O3S. The number of carbonyl (C=O) groups excluding carboxylic acids is 2. The molecule has 0 bridgehead atoms. The van der Waals surface area contributed by atoms with Gasteiger partial charge in [0.15, 0.2) is 0 Å². The van der Waals surface area contributed by atoms with E-state index in [1.807, 2.05) is 6.07 Å². The lowest BCUT2D eigenvalue weighted by Gasteiger charge is -2.10. The van der Waals surface area contributed by atoms with Crippen LogP contribution in [0.5, 0.6) is 5.75 Å². The number of thiophene rings is 1. The van der Waals surface area contributed by atoms with E-state index in [9.17, 15) is 14.0 Å². The van der Waals surface area contributed by atoms with Crippen molar-refractivity contribution in [2.24, 2.45) is 5.73 Å². The van der Waals surface area contributed by atoms with E-state index in [1.165, 1.54) is 23.5 Å². The predicted octanol–water partition coefficient (Wildman–Crippen LogP) is 6.79. The lowest BCUT2D eigenvalue weighted by atomic mass is 10.1. The van der Waals surface area contributed by atoms with Gasteiger partial charge in [-0.15, -0.1) is 11.3 Å². The molecule has 0 radical (unpaired) electrons. The van der Waals surface area contributed by atoms with Crippen LogP contribution in [0.3, 0.4) is 0 Å². The average Bonchev–Trinajstić information content (AvgIpc) is 3.24. The lowest BCUT2D eigenvalue weighted by Crippen LogP contribution is -2.16. The number of nitrogens with two attached hydrogens (primary N) is 1. The number of amides is 2. The zero-order valence-corrected chi connectivity index (χ0v) is 19.8. The summed E-state index contributed by atoms with van der Waals surface area (Å²) < 4.78 is 19.0. The van der Waals surface area contributed by atoms with Crippen molar-refractivity contribution in [1.29, 1.82) is 0 Å². The fourth-order valence-corrected chi connectivity index (χ4v) is 4.55. The van der Waals surface area contributed by atoms with Crippen LogP contribution >= 0.6 is 34.5 Å². The van der Waals surface area contributed by atoms with Gasteiger partial charge in [0.1, 0.15) is 23.2 Å². The van der Waals surface area contributed by atoms with Crippen LogP contribution in [-0.2, 0) is 6.61 Å². The van der Waals surface area contributed by atoms with Crippen molar-refractivity contribution < 1.29 is 18.7 Å². The van der Waals surface area contributed by atoms with E-state index in [1.54, 1.807) is 54.6 Å². The number of carbonyl (C=O) groups is 2. The number of nitrogens with one attached hydrogen (secondary N) is 1. The Labute approximate surface area is 208 Å². The Morgan fingerprint density at radius 3 is 2.50 bits per heavy atom. The van der Waals surface area contributed by atoms with Crippen LogP contribution in [0.4, 0.5) is 9.39 Å². The van der Waals surface area contributed by atoms with E-state index in [0.717, 1.165) is 5.56 Å². The van der Waals surface area contributed by atoms with E-state index in [4.69, 9.17) is 33.7 Å². The largest absolute Gasteiger partial charge is 0.487 e. The van der Waals surface area contributed by atoms with Crippen LogP contribution in [0.2, 0.25) is 10.0 Å². The second-order valence-electron chi connectivity index (χ2n) is 7.24. The Morgan fingerprint density at radius 1 is 1.00 bits per heavy atom. The summed E-state index contributed by atoms with van der Waals surface area (Å²) in [5.41, 5.74) is 7.48. The van der Waals surface area contributed by atoms with Gasteiger partial charge in [-0.25, -0.2) is 4.39 Å². The minimum Gasteiger partial charge on any atom is -0.487 e. The van der Waals surface area contributed by atoms with Crippen LogP contribution < -0.4 is 15.8 Å². The molecule has 34 heavy (non-hydrogen) atoms. The van der Waals surface area contributed by atoms with Gasteiger partial charge in [-0.05, 0) is 53.6 Å². The van der Waals surface area contributed by atoms with Gasteiger partial charge in [0.2, 0.25) is 0 Å². The zero-order chi connectivity index (χ0) is 24.2. The molecule has 4 rings (SSSR count). The number of rotatable bonds is 7. The second-order valence-corrected chi connectivity index (χ2v) is 9.14. The molecule has 1 aromatic heterocycles. The summed E-state index contributed by atoms with van der Waals surface area (Å²) in [5, 5.41) is 3.98. The fraction of sp³-hybridized carbons (Fsp3) is 0.0400. The van der Waals surface area contributed by atoms with Crippen molar-refractivity contribution in [3.8, 4) is 16.2 Å². The summed E-state index contributed by atoms with van der Waals surface area (Å²) >= 11 is 13.3. The number of primary amides is 1. The summed E-state index contributed by atoms with van der Waals surface area (Å²) in [6, 6.07) is 19.2. The molecule has 0 fully saturated rings. The summed E-state index contributed by atoms with van der Waals surface area (Å²) in [6.45, 7) is 0.168. The van der Waals surface area contributed by atoms with Gasteiger partial charge < -0.3 is 15.8 Å². The van der Waals surface area contributed by atoms with E-state index < -0.39 is 11.8 Å². The summed E-state index contributed by atoms with van der Waals surface area (Å²) in [6.07, 6.45) is 0. The Morgan fingerprint density at radius 2 is 1.76 bits per heavy atom. The normalized spacial score (nSPS) is 10.7. The highest BCUT2D eigenvalue weighted by Gasteiger charge is 2.18. The molecule has 2 amide bonds. The number of hydrogen-bond acceptors (Lipinski definition) is 4. The second kappa shape index (κ2) is 10.3. The summed E-state index contributed by atoms with van der Waals surface area (Å²) in [4.78, 5) is 25.5. The number of anilines is 1. The molecule has 0 unspecified atom stereocenters. The molecule has 5 nitrogen and oxygen atoms in total. The molecule has 3 aromatic carbocycles. The third kappa shape index (κ3) is 5.56. The average molecular weight is 515 g/mol. The van der Waals surface area contributed by atoms with Crippen molar-refractivity contribution in [1.82, 2.24) is 0 Å². The molecule has 0 spiro atoms. The lowest BCUT2D eigenvalue weighted by molar-refractivity contribution is 0.100. The molecule has 0 saturated heterocycles. The van der Waals surface area contributed by atoms with E-state index >= 15 is 0 Å². The monoisotopic (exact) mass is 514 g/mol. The van der Waals surface area contributed by atoms with E-state index in [2.05, 4.69) is 5.32 Å². The topological polar surface area (TPSA) is 81.4 Å². The van der Waals surface area contributed by atoms with E-state index in [0.29, 0.717) is 36.8 Å². The quantitative estimate of drug-likeness (QED) is 0.284. The van der Waals surface area contributed by atoms with Crippen molar-refractivity contribution in [3.63, 3.8) is 0 Å². The molecule has 1 heterocycles. The van der Waals surface area contributed by atoms with Gasteiger partial charge >= 0.3 is 0 Å². The Hall–Kier alpha value is -3.39. The van der Waals surface area contributed by atoms with Gasteiger partial charge in [0, 0.05) is 21.5 Å². The first-order valence-corrected chi connectivity index (χ1v) is 11.5. The first-order chi connectivity index (χ1) is 16.3. The number of hydrogen-bond donors (Lipinski definition) is 2.